The molecule has 18 rings (SSSR count). The molecule has 0 fully saturated rings. The number of aromatic nitrogens is 7. The number of hydrogen-bond donors (Lipinski definition) is 0. The van der Waals surface area contributed by atoms with Crippen molar-refractivity contribution in [2.75, 3.05) is 0 Å². The van der Waals surface area contributed by atoms with Crippen LogP contribution in [0.3, 0.4) is 0 Å². The predicted molar refractivity (Wildman–Crippen MR) is 367 cm³/mol. The van der Waals surface area contributed by atoms with Crippen LogP contribution >= 0.6 is 0 Å². The van der Waals surface area contributed by atoms with E-state index in [4.69, 9.17) is 9.72 Å². The van der Waals surface area contributed by atoms with Gasteiger partial charge in [-0.25, -0.2) is 4.98 Å². The summed E-state index contributed by atoms with van der Waals surface area (Å²) in [4.78, 5) is 5.07. The first-order valence-electron chi connectivity index (χ1n) is 30.6. The van der Waals surface area contributed by atoms with E-state index in [1.807, 2.05) is 24.4 Å². The molecule has 9 heteroatoms. The van der Waals surface area contributed by atoms with Gasteiger partial charge in [0.25, 0.3) is 6.33 Å². The molecule has 0 amide bonds. The second-order valence-electron chi connectivity index (χ2n) is 24.3. The summed E-state index contributed by atoms with van der Waals surface area (Å²) >= 11 is 0. The van der Waals surface area contributed by atoms with Crippen LogP contribution in [-0.4, -0.2) is 27.8 Å². The first-order chi connectivity index (χ1) is 44.3. The number of para-hydroxylation sites is 9. The van der Waals surface area contributed by atoms with Gasteiger partial charge in [-0.2, -0.15) is 18.2 Å². The fourth-order valence-corrected chi connectivity index (χ4v) is 14.1. The topological polar surface area (TPSA) is 50.6 Å². The van der Waals surface area contributed by atoms with Gasteiger partial charge in [0.05, 0.1) is 49.8 Å². The van der Waals surface area contributed by atoms with Crippen LogP contribution in [0, 0.1) is 18.5 Å². The molecule has 0 saturated carbocycles. The fraction of sp³-hybridized carbons (Fsp3) is 0.0488. The maximum atomic E-state index is 6.96. The predicted octanol–water partition coefficient (Wildman–Crippen LogP) is 19.8. The SMILES string of the molecule is CC(C)(C)c1ccnc(-n2c3[c-]c(Oc4[c-]c(-n5[c-][n+](-c6c(-n7c8ccccc8c8ccccc87)ccc7c8ccccc8n(-c8ccccc8)c67)c6ccccc65)ccc4)ccc3c3cc(-c4cccc5c6ccccc6n(-c6ccccc6)c45)ccc32)c1.[Pt]. The van der Waals surface area contributed by atoms with Crippen molar-refractivity contribution in [3.05, 3.63) is 303 Å². The van der Waals surface area contributed by atoms with Crippen molar-refractivity contribution in [1.82, 2.24) is 27.8 Å². The molecule has 6 aromatic heterocycles. The van der Waals surface area contributed by atoms with Crippen molar-refractivity contribution < 1.29 is 30.4 Å². The maximum Gasteiger partial charge on any atom is 0.268 e. The largest absolute Gasteiger partial charge is 0.510 e. The molecule has 18 aromatic rings. The van der Waals surface area contributed by atoms with Gasteiger partial charge < -0.3 is 27.6 Å². The molecular weight excluding hydrogens is 1290 g/mol. The zero-order chi connectivity index (χ0) is 59.8. The molecule has 0 atom stereocenters. The van der Waals surface area contributed by atoms with Crippen LogP contribution in [0.25, 0.3) is 144 Å². The van der Waals surface area contributed by atoms with Crippen LogP contribution < -0.4 is 9.30 Å². The van der Waals surface area contributed by atoms with Gasteiger partial charge in [-0.1, -0.05) is 196 Å². The Hall–Kier alpha value is -11.1. The maximum absolute atomic E-state index is 6.96. The molecule has 0 bridgehead atoms. The molecule has 0 unspecified atom stereocenters. The minimum Gasteiger partial charge on any atom is -0.510 e. The Kier molecular flexibility index (Phi) is 12.5. The zero-order valence-electron chi connectivity index (χ0n) is 49.9. The van der Waals surface area contributed by atoms with E-state index in [9.17, 15) is 0 Å². The number of imidazole rings is 1. The van der Waals surface area contributed by atoms with Crippen molar-refractivity contribution in [3.8, 4) is 56.9 Å². The van der Waals surface area contributed by atoms with Crippen LogP contribution in [0.1, 0.15) is 26.3 Å². The standard InChI is InChI=1S/C82H55N7O.Pt/c1-82(2,3)54-46-47-83-78(49-54)89-73-44-40-53(60-32-21-33-66-63-30-12-14-34-69(63)86(79(60)66)55-22-6-4-7-23-55)48-68(73)65-42-41-59(51-77(65)89)90-58-27-20-26-57(50-58)84-52-85(75-39-19-18-38-74(75)84)81-76(88-71-36-16-10-28-61(71)62-29-11-17-37-72(62)88)45-43-67-64-31-13-15-35-70(64)87(80(67)81)56-24-8-5-9-25-56;/h4-49H,1-3H3;/q-2;. The van der Waals surface area contributed by atoms with Crippen LogP contribution in [-0.2, 0) is 26.5 Å². The van der Waals surface area contributed by atoms with E-state index in [0.29, 0.717) is 11.5 Å². The van der Waals surface area contributed by atoms with E-state index in [2.05, 4.69) is 321 Å². The average Bonchev–Trinajstić information content (AvgIpc) is 1.58. The normalized spacial score (nSPS) is 12.0. The molecular formula is C82H55N7OPt-2. The molecule has 0 saturated heterocycles. The molecule has 0 aliphatic rings. The quantitative estimate of drug-likeness (QED) is 0.107. The fourth-order valence-electron chi connectivity index (χ4n) is 14.1. The Morgan fingerprint density at radius 2 is 0.945 bits per heavy atom. The third-order valence-corrected chi connectivity index (χ3v) is 18.1. The number of rotatable bonds is 9. The minimum absolute atomic E-state index is 0. The molecule has 436 valence electrons. The molecule has 0 aliphatic heterocycles. The monoisotopic (exact) mass is 1350 g/mol. The molecule has 0 aliphatic carbocycles. The summed E-state index contributed by atoms with van der Waals surface area (Å²) in [6.45, 7) is 6.73. The van der Waals surface area contributed by atoms with E-state index in [-0.39, 0.29) is 26.5 Å². The summed E-state index contributed by atoms with van der Waals surface area (Å²) in [7, 11) is 0. The van der Waals surface area contributed by atoms with E-state index in [1.165, 1.54) is 43.5 Å². The summed E-state index contributed by atoms with van der Waals surface area (Å²) in [6.07, 6.45) is 5.87. The summed E-state index contributed by atoms with van der Waals surface area (Å²) in [5.74, 6) is 1.91. The minimum atomic E-state index is -0.107. The van der Waals surface area contributed by atoms with Crippen molar-refractivity contribution in [2.45, 2.75) is 26.2 Å². The molecule has 91 heavy (non-hydrogen) atoms. The van der Waals surface area contributed by atoms with Gasteiger partial charge in [0, 0.05) is 93.5 Å². The number of benzene rings is 12. The molecule has 0 spiro atoms. The van der Waals surface area contributed by atoms with Crippen molar-refractivity contribution in [3.63, 3.8) is 0 Å². The summed E-state index contributed by atoms with van der Waals surface area (Å²) in [6, 6.07) is 105. The van der Waals surface area contributed by atoms with Crippen molar-refractivity contribution in [1.29, 1.82) is 0 Å². The van der Waals surface area contributed by atoms with Crippen LogP contribution in [0.15, 0.2) is 279 Å². The van der Waals surface area contributed by atoms with Crippen molar-refractivity contribution >= 4 is 98.3 Å². The van der Waals surface area contributed by atoms with E-state index >= 15 is 0 Å². The van der Waals surface area contributed by atoms with E-state index < -0.39 is 0 Å². The summed E-state index contributed by atoms with van der Waals surface area (Å²) < 4.78 is 20.8. The smallest absolute Gasteiger partial charge is 0.268 e. The number of hydrogen-bond acceptors (Lipinski definition) is 2. The van der Waals surface area contributed by atoms with E-state index in [0.717, 1.165) is 106 Å². The number of ether oxygens (including phenoxy) is 1. The number of pyridine rings is 1. The Balaban J connectivity index is 0.00000636. The van der Waals surface area contributed by atoms with E-state index in [1.54, 1.807) is 0 Å². The Morgan fingerprint density at radius 3 is 1.62 bits per heavy atom. The average molecular weight is 1350 g/mol. The van der Waals surface area contributed by atoms with Gasteiger partial charge in [-0.05, 0) is 100 Å². The number of nitrogens with zero attached hydrogens (tertiary/aromatic N) is 7. The first-order valence-corrected chi connectivity index (χ1v) is 30.6. The van der Waals surface area contributed by atoms with Crippen molar-refractivity contribution in [2.24, 2.45) is 0 Å². The van der Waals surface area contributed by atoms with Gasteiger partial charge >= 0.3 is 0 Å². The number of fused-ring (bicyclic) bond motifs is 13. The Labute approximate surface area is 539 Å². The Morgan fingerprint density at radius 1 is 0.407 bits per heavy atom. The Bertz CT molecular complexity index is 5890. The molecule has 6 heterocycles. The third-order valence-electron chi connectivity index (χ3n) is 18.1. The summed E-state index contributed by atoms with van der Waals surface area (Å²) in [5.41, 5.74) is 18.9. The molecule has 0 radical (unpaired) electrons. The second kappa shape index (κ2) is 21.1. The van der Waals surface area contributed by atoms with Gasteiger partial charge in [0.2, 0.25) is 0 Å². The zero-order valence-corrected chi connectivity index (χ0v) is 52.2. The molecule has 0 N–H and O–H groups in total. The van der Waals surface area contributed by atoms with Gasteiger partial charge in [0.15, 0.2) is 0 Å². The van der Waals surface area contributed by atoms with Gasteiger partial charge in [0.1, 0.15) is 11.5 Å². The van der Waals surface area contributed by atoms with Crippen LogP contribution in [0.5, 0.6) is 11.5 Å². The van der Waals surface area contributed by atoms with Crippen LogP contribution in [0.4, 0.5) is 0 Å². The second-order valence-corrected chi connectivity index (χ2v) is 24.3. The molecule has 12 aromatic carbocycles. The van der Waals surface area contributed by atoms with Gasteiger partial charge in [-0.15, -0.1) is 29.7 Å². The first kappa shape index (κ1) is 54.1. The van der Waals surface area contributed by atoms with Crippen LogP contribution in [0.2, 0.25) is 0 Å². The molecule has 8 nitrogen and oxygen atoms in total. The van der Waals surface area contributed by atoms with Gasteiger partial charge in [-0.3, -0.25) is 4.57 Å². The third kappa shape index (κ3) is 8.47. The summed E-state index contributed by atoms with van der Waals surface area (Å²) in [5, 5.41) is 9.24.